The van der Waals surface area contributed by atoms with Gasteiger partial charge in [-0.1, -0.05) is 42.5 Å². The first-order chi connectivity index (χ1) is 9.81. The van der Waals surface area contributed by atoms with E-state index in [4.69, 9.17) is 4.74 Å². The van der Waals surface area contributed by atoms with Crippen molar-refractivity contribution in [3.05, 3.63) is 66.1 Å². The Balaban J connectivity index is 2.18. The van der Waals surface area contributed by atoms with Gasteiger partial charge in [0.2, 0.25) is 11.7 Å². The van der Waals surface area contributed by atoms with Crippen LogP contribution in [0.5, 0.6) is 5.88 Å². The SMILES string of the molecule is COc1nccnc1C(=O)c1cccc2ccccc12. The highest BCUT2D eigenvalue weighted by Crippen LogP contribution is 2.23. The molecule has 3 aromatic rings. The topological polar surface area (TPSA) is 52.1 Å². The molecule has 1 aromatic heterocycles. The first-order valence-electron chi connectivity index (χ1n) is 6.18. The molecule has 4 heteroatoms. The molecule has 0 aliphatic rings. The summed E-state index contributed by atoms with van der Waals surface area (Å²) in [6.45, 7) is 0. The van der Waals surface area contributed by atoms with Crippen molar-refractivity contribution in [2.45, 2.75) is 0 Å². The molecule has 1 heterocycles. The van der Waals surface area contributed by atoms with Crippen molar-refractivity contribution < 1.29 is 9.53 Å². The van der Waals surface area contributed by atoms with Crippen molar-refractivity contribution in [3.8, 4) is 5.88 Å². The van der Waals surface area contributed by atoms with E-state index in [9.17, 15) is 4.79 Å². The van der Waals surface area contributed by atoms with Crippen LogP contribution in [0.15, 0.2) is 54.9 Å². The van der Waals surface area contributed by atoms with E-state index < -0.39 is 0 Å². The Labute approximate surface area is 116 Å². The van der Waals surface area contributed by atoms with Crippen LogP contribution in [-0.2, 0) is 0 Å². The van der Waals surface area contributed by atoms with Crippen molar-refractivity contribution in [1.29, 1.82) is 0 Å². The van der Waals surface area contributed by atoms with E-state index in [-0.39, 0.29) is 17.4 Å². The zero-order chi connectivity index (χ0) is 13.9. The Bertz CT molecular complexity index is 779. The van der Waals surface area contributed by atoms with Crippen molar-refractivity contribution in [2.75, 3.05) is 7.11 Å². The Hall–Kier alpha value is -2.75. The molecular weight excluding hydrogens is 252 g/mol. The van der Waals surface area contributed by atoms with Gasteiger partial charge in [-0.15, -0.1) is 0 Å². The normalized spacial score (nSPS) is 10.4. The largest absolute Gasteiger partial charge is 0.479 e. The molecule has 0 radical (unpaired) electrons. The summed E-state index contributed by atoms with van der Waals surface area (Å²) < 4.78 is 5.11. The van der Waals surface area contributed by atoms with Crippen LogP contribution >= 0.6 is 0 Å². The Morgan fingerprint density at radius 3 is 2.60 bits per heavy atom. The van der Waals surface area contributed by atoms with E-state index in [1.165, 1.54) is 19.5 Å². The fraction of sp³-hybridized carbons (Fsp3) is 0.0625. The first kappa shape index (κ1) is 12.3. The molecule has 0 amide bonds. The van der Waals surface area contributed by atoms with E-state index in [2.05, 4.69) is 9.97 Å². The third-order valence-corrected chi connectivity index (χ3v) is 3.11. The van der Waals surface area contributed by atoms with Gasteiger partial charge in [-0.3, -0.25) is 4.79 Å². The summed E-state index contributed by atoms with van der Waals surface area (Å²) in [6.07, 6.45) is 2.99. The number of hydrogen-bond donors (Lipinski definition) is 0. The molecular formula is C16H12N2O2. The number of ether oxygens (including phenoxy) is 1. The summed E-state index contributed by atoms with van der Waals surface area (Å²) in [7, 11) is 1.48. The molecule has 4 nitrogen and oxygen atoms in total. The summed E-state index contributed by atoms with van der Waals surface area (Å²) in [5.41, 5.74) is 0.827. The quantitative estimate of drug-likeness (QED) is 0.682. The fourth-order valence-corrected chi connectivity index (χ4v) is 2.18. The van der Waals surface area contributed by atoms with Gasteiger partial charge >= 0.3 is 0 Å². The number of carbonyl (C=O) groups excluding carboxylic acids is 1. The van der Waals surface area contributed by atoms with Crippen LogP contribution in [0.4, 0.5) is 0 Å². The standard InChI is InChI=1S/C16H12N2O2/c1-20-16-14(17-9-10-18-16)15(19)13-8-4-6-11-5-2-3-7-12(11)13/h2-10H,1H3. The average Bonchev–Trinajstić information content (AvgIpc) is 2.53. The Kier molecular flexibility index (Phi) is 3.13. The van der Waals surface area contributed by atoms with Gasteiger partial charge in [0, 0.05) is 18.0 Å². The lowest BCUT2D eigenvalue weighted by Gasteiger charge is -2.07. The lowest BCUT2D eigenvalue weighted by Crippen LogP contribution is -2.08. The van der Waals surface area contributed by atoms with Crippen LogP contribution in [-0.4, -0.2) is 22.9 Å². The van der Waals surface area contributed by atoms with E-state index in [0.29, 0.717) is 5.56 Å². The first-order valence-corrected chi connectivity index (χ1v) is 6.18. The van der Waals surface area contributed by atoms with Crippen LogP contribution in [0.25, 0.3) is 10.8 Å². The van der Waals surface area contributed by atoms with Gasteiger partial charge in [0.05, 0.1) is 7.11 Å². The van der Waals surface area contributed by atoms with E-state index in [0.717, 1.165) is 10.8 Å². The summed E-state index contributed by atoms with van der Waals surface area (Å²) in [5, 5.41) is 1.91. The number of benzene rings is 2. The monoisotopic (exact) mass is 264 g/mol. The molecule has 0 unspecified atom stereocenters. The molecule has 0 saturated carbocycles. The highest BCUT2D eigenvalue weighted by Gasteiger charge is 2.18. The Morgan fingerprint density at radius 2 is 1.75 bits per heavy atom. The maximum absolute atomic E-state index is 12.7. The average molecular weight is 264 g/mol. The smallest absolute Gasteiger partial charge is 0.243 e. The van der Waals surface area contributed by atoms with Crippen LogP contribution in [0, 0.1) is 0 Å². The zero-order valence-electron chi connectivity index (χ0n) is 10.9. The molecule has 0 saturated heterocycles. The molecule has 2 aromatic carbocycles. The Morgan fingerprint density at radius 1 is 1.00 bits per heavy atom. The number of methoxy groups -OCH3 is 1. The third kappa shape index (κ3) is 2.01. The highest BCUT2D eigenvalue weighted by atomic mass is 16.5. The molecule has 3 rings (SSSR count). The van der Waals surface area contributed by atoms with E-state index in [1.54, 1.807) is 6.07 Å². The number of fused-ring (bicyclic) bond motifs is 1. The maximum atomic E-state index is 12.7. The number of carbonyl (C=O) groups is 1. The number of hydrogen-bond acceptors (Lipinski definition) is 4. The van der Waals surface area contributed by atoms with Crippen molar-refractivity contribution >= 4 is 16.6 Å². The summed E-state index contributed by atoms with van der Waals surface area (Å²) >= 11 is 0. The molecule has 0 bridgehead atoms. The van der Waals surface area contributed by atoms with Gasteiger partial charge in [-0.2, -0.15) is 0 Å². The highest BCUT2D eigenvalue weighted by molar-refractivity contribution is 6.16. The minimum absolute atomic E-state index is 0.188. The number of ketones is 1. The maximum Gasteiger partial charge on any atom is 0.243 e. The summed E-state index contributed by atoms with van der Waals surface area (Å²) in [5.74, 6) is 0.0529. The van der Waals surface area contributed by atoms with Crippen LogP contribution in [0.3, 0.4) is 0 Å². The second-order valence-corrected chi connectivity index (χ2v) is 4.27. The van der Waals surface area contributed by atoms with Gasteiger partial charge < -0.3 is 4.74 Å². The molecule has 0 fully saturated rings. The molecule has 0 aliphatic carbocycles. The van der Waals surface area contributed by atoms with Gasteiger partial charge in [0.25, 0.3) is 0 Å². The molecule has 0 spiro atoms. The predicted octanol–water partition coefficient (Wildman–Crippen LogP) is 2.87. The van der Waals surface area contributed by atoms with Crippen LogP contribution in [0.1, 0.15) is 16.1 Å². The van der Waals surface area contributed by atoms with Crippen molar-refractivity contribution in [1.82, 2.24) is 9.97 Å². The molecule has 98 valence electrons. The lowest BCUT2D eigenvalue weighted by atomic mass is 10.00. The fourth-order valence-electron chi connectivity index (χ4n) is 2.18. The molecule has 20 heavy (non-hydrogen) atoms. The summed E-state index contributed by atoms with van der Waals surface area (Å²) in [6, 6.07) is 13.4. The van der Waals surface area contributed by atoms with Crippen LogP contribution < -0.4 is 4.74 Å². The minimum Gasteiger partial charge on any atom is -0.479 e. The van der Waals surface area contributed by atoms with Gasteiger partial charge in [0.15, 0.2) is 5.69 Å². The second-order valence-electron chi connectivity index (χ2n) is 4.27. The van der Waals surface area contributed by atoms with Crippen molar-refractivity contribution in [3.63, 3.8) is 0 Å². The number of nitrogens with zero attached hydrogens (tertiary/aromatic N) is 2. The molecule has 0 N–H and O–H groups in total. The van der Waals surface area contributed by atoms with Crippen LogP contribution in [0.2, 0.25) is 0 Å². The second kappa shape index (κ2) is 5.09. The lowest BCUT2D eigenvalue weighted by molar-refractivity contribution is 0.103. The molecule has 0 atom stereocenters. The number of rotatable bonds is 3. The number of aromatic nitrogens is 2. The third-order valence-electron chi connectivity index (χ3n) is 3.11. The van der Waals surface area contributed by atoms with Gasteiger partial charge in [-0.25, -0.2) is 9.97 Å². The van der Waals surface area contributed by atoms with E-state index >= 15 is 0 Å². The van der Waals surface area contributed by atoms with E-state index in [1.807, 2.05) is 36.4 Å². The summed E-state index contributed by atoms with van der Waals surface area (Å²) in [4.78, 5) is 20.8. The minimum atomic E-state index is -0.188. The molecule has 0 aliphatic heterocycles. The van der Waals surface area contributed by atoms with Crippen molar-refractivity contribution in [2.24, 2.45) is 0 Å². The van der Waals surface area contributed by atoms with Gasteiger partial charge in [-0.05, 0) is 10.8 Å². The zero-order valence-corrected chi connectivity index (χ0v) is 10.9. The predicted molar refractivity (Wildman–Crippen MR) is 76.0 cm³/mol. The van der Waals surface area contributed by atoms with Gasteiger partial charge in [0.1, 0.15) is 0 Å².